The van der Waals surface area contributed by atoms with Gasteiger partial charge in [-0.25, -0.2) is 14.5 Å². The second-order valence-corrected chi connectivity index (χ2v) is 6.84. The highest BCUT2D eigenvalue weighted by Crippen LogP contribution is 2.24. The first-order valence-electron chi connectivity index (χ1n) is 9.38. The molecule has 0 saturated carbocycles. The summed E-state index contributed by atoms with van der Waals surface area (Å²) in [6.45, 7) is 3.91. The van der Waals surface area contributed by atoms with E-state index < -0.39 is 12.1 Å². The van der Waals surface area contributed by atoms with E-state index in [0.717, 1.165) is 5.56 Å². The number of aromatic nitrogens is 6. The van der Waals surface area contributed by atoms with Crippen LogP contribution in [0.3, 0.4) is 0 Å². The van der Waals surface area contributed by atoms with Crippen LogP contribution in [0.1, 0.15) is 25.8 Å². The van der Waals surface area contributed by atoms with Crippen LogP contribution >= 0.6 is 0 Å². The van der Waals surface area contributed by atoms with E-state index in [2.05, 4.69) is 35.8 Å². The van der Waals surface area contributed by atoms with Gasteiger partial charge in [-0.15, -0.1) is 0 Å². The third kappa shape index (κ3) is 4.17. The Kier molecular flexibility index (Phi) is 5.46. The number of nitrogens with zero attached hydrogens (tertiary/aromatic N) is 6. The van der Waals surface area contributed by atoms with Crippen molar-refractivity contribution in [2.45, 2.75) is 19.9 Å². The lowest BCUT2D eigenvalue weighted by Crippen LogP contribution is -2.35. The molecule has 4 heterocycles. The van der Waals surface area contributed by atoms with Crippen molar-refractivity contribution in [3.05, 3.63) is 67.2 Å². The summed E-state index contributed by atoms with van der Waals surface area (Å²) in [5.41, 5.74) is 1.25. The van der Waals surface area contributed by atoms with Crippen LogP contribution < -0.4 is 10.6 Å². The third-order valence-electron chi connectivity index (χ3n) is 4.34. The number of rotatable bonds is 6. The molecule has 0 radical (unpaired) electrons. The molecule has 0 aromatic carbocycles. The van der Waals surface area contributed by atoms with E-state index in [1.807, 2.05) is 19.9 Å². The topological polar surface area (TPSA) is 124 Å². The lowest BCUT2D eigenvalue weighted by molar-refractivity contribution is 0.236. The van der Waals surface area contributed by atoms with E-state index in [0.29, 0.717) is 23.2 Å². The highest BCUT2D eigenvalue weighted by atomic mass is 16.5. The third-order valence-corrected chi connectivity index (χ3v) is 4.34. The summed E-state index contributed by atoms with van der Waals surface area (Å²) in [4.78, 5) is 25.5. The van der Waals surface area contributed by atoms with Crippen molar-refractivity contribution >= 4 is 11.7 Å². The van der Waals surface area contributed by atoms with Gasteiger partial charge in [-0.05, 0) is 36.2 Å². The van der Waals surface area contributed by atoms with Gasteiger partial charge in [-0.1, -0.05) is 19.0 Å². The van der Waals surface area contributed by atoms with Crippen LogP contribution in [-0.4, -0.2) is 35.9 Å². The number of hydrogen-bond acceptors (Lipinski definition) is 7. The molecular weight excluding hydrogens is 384 g/mol. The van der Waals surface area contributed by atoms with Gasteiger partial charge in [0.15, 0.2) is 5.82 Å². The molecule has 0 bridgehead atoms. The molecule has 0 aliphatic rings. The molecule has 0 fully saturated rings. The summed E-state index contributed by atoms with van der Waals surface area (Å²) >= 11 is 0. The molecule has 10 heteroatoms. The molecule has 0 saturated heterocycles. The zero-order valence-corrected chi connectivity index (χ0v) is 16.4. The number of nitrogens with one attached hydrogen (secondary N) is 2. The number of hydrogen-bond donors (Lipinski definition) is 2. The van der Waals surface area contributed by atoms with Gasteiger partial charge in [0.25, 0.3) is 0 Å². The summed E-state index contributed by atoms with van der Waals surface area (Å²) in [6.07, 6.45) is 8.35. The average Bonchev–Trinajstić information content (AvgIpc) is 3.45. The summed E-state index contributed by atoms with van der Waals surface area (Å²) in [6, 6.07) is 8.00. The maximum atomic E-state index is 12.7. The van der Waals surface area contributed by atoms with Gasteiger partial charge in [0.05, 0.1) is 5.69 Å². The lowest BCUT2D eigenvalue weighted by atomic mass is 10.0. The molecule has 1 atom stereocenters. The van der Waals surface area contributed by atoms with Crippen LogP contribution in [0, 0.1) is 5.92 Å². The Labute approximate surface area is 172 Å². The predicted molar refractivity (Wildman–Crippen MR) is 109 cm³/mol. The minimum Gasteiger partial charge on any atom is -0.337 e. The highest BCUT2D eigenvalue weighted by molar-refractivity contribution is 5.91. The molecule has 1 unspecified atom stereocenters. The Bertz CT molecular complexity index is 1110. The van der Waals surface area contributed by atoms with Crippen LogP contribution in [0.2, 0.25) is 0 Å². The Morgan fingerprint density at radius 2 is 2.00 bits per heavy atom. The Morgan fingerprint density at radius 1 is 1.13 bits per heavy atom. The zero-order chi connectivity index (χ0) is 20.9. The molecule has 10 nitrogen and oxygen atoms in total. The quantitative estimate of drug-likeness (QED) is 0.505. The Hall–Kier alpha value is -4.08. The van der Waals surface area contributed by atoms with E-state index in [-0.39, 0.29) is 5.92 Å². The summed E-state index contributed by atoms with van der Waals surface area (Å²) in [5.74, 6) is 1.25. The van der Waals surface area contributed by atoms with Crippen molar-refractivity contribution in [2.75, 3.05) is 5.32 Å². The first kappa shape index (κ1) is 19.2. The predicted octanol–water partition coefficient (Wildman–Crippen LogP) is 3.23. The molecule has 152 valence electrons. The molecule has 4 aromatic rings. The largest absolute Gasteiger partial charge is 0.337 e. The molecule has 30 heavy (non-hydrogen) atoms. The number of urea groups is 1. The van der Waals surface area contributed by atoms with E-state index in [1.54, 1.807) is 59.9 Å². The second kappa shape index (κ2) is 8.52. The fourth-order valence-corrected chi connectivity index (χ4v) is 2.86. The maximum Gasteiger partial charge on any atom is 0.320 e. The monoisotopic (exact) mass is 404 g/mol. The summed E-state index contributed by atoms with van der Waals surface area (Å²) in [7, 11) is 0. The minimum atomic E-state index is -0.479. The Morgan fingerprint density at radius 3 is 2.73 bits per heavy atom. The Balaban J connectivity index is 1.51. The van der Waals surface area contributed by atoms with Gasteiger partial charge >= 0.3 is 6.03 Å². The normalized spacial score (nSPS) is 12.0. The molecule has 4 rings (SSSR count). The number of amides is 2. The molecule has 4 aromatic heterocycles. The maximum absolute atomic E-state index is 12.7. The fraction of sp³-hybridized carbons (Fsp3) is 0.200. The van der Waals surface area contributed by atoms with Crippen LogP contribution in [0.25, 0.3) is 17.2 Å². The van der Waals surface area contributed by atoms with Crippen LogP contribution in [0.4, 0.5) is 10.5 Å². The van der Waals surface area contributed by atoms with Gasteiger partial charge < -0.3 is 15.2 Å². The number of carbonyl (C=O) groups excluding carboxylic acids is 1. The molecular formula is C20H20N8O2. The summed E-state index contributed by atoms with van der Waals surface area (Å²) < 4.78 is 7.00. The number of carbonyl (C=O) groups is 1. The molecule has 0 aliphatic heterocycles. The van der Waals surface area contributed by atoms with Crippen molar-refractivity contribution in [3.63, 3.8) is 0 Å². The van der Waals surface area contributed by atoms with Gasteiger partial charge in [-0.2, -0.15) is 10.1 Å². The fourth-order valence-electron chi connectivity index (χ4n) is 2.86. The van der Waals surface area contributed by atoms with Crippen molar-refractivity contribution < 1.29 is 9.32 Å². The van der Waals surface area contributed by atoms with Crippen molar-refractivity contribution in [1.29, 1.82) is 0 Å². The van der Waals surface area contributed by atoms with E-state index in [4.69, 9.17) is 4.52 Å². The van der Waals surface area contributed by atoms with Gasteiger partial charge in [0.2, 0.25) is 11.7 Å². The van der Waals surface area contributed by atoms with E-state index in [1.165, 1.54) is 0 Å². The SMILES string of the molecule is CC(C)C(NC(=O)Nc1cccnc1-n1cccn1)c1nc(-c2cccnc2)no1. The molecule has 2 amide bonds. The zero-order valence-electron chi connectivity index (χ0n) is 16.4. The van der Waals surface area contributed by atoms with Gasteiger partial charge in [-0.3, -0.25) is 4.98 Å². The van der Waals surface area contributed by atoms with E-state index in [9.17, 15) is 4.79 Å². The first-order valence-corrected chi connectivity index (χ1v) is 9.38. The van der Waals surface area contributed by atoms with E-state index >= 15 is 0 Å². The number of pyridine rings is 2. The highest BCUT2D eigenvalue weighted by Gasteiger charge is 2.25. The van der Waals surface area contributed by atoms with Gasteiger partial charge in [0, 0.05) is 36.5 Å². The van der Waals surface area contributed by atoms with Crippen molar-refractivity contribution in [3.8, 4) is 17.2 Å². The smallest absolute Gasteiger partial charge is 0.320 e. The second-order valence-electron chi connectivity index (χ2n) is 6.84. The van der Waals surface area contributed by atoms with Crippen molar-refractivity contribution in [2.24, 2.45) is 5.92 Å². The molecule has 0 aliphatic carbocycles. The van der Waals surface area contributed by atoms with Crippen LogP contribution in [-0.2, 0) is 0 Å². The number of anilines is 1. The summed E-state index contributed by atoms with van der Waals surface area (Å²) in [5, 5.41) is 13.9. The first-order chi connectivity index (χ1) is 14.6. The lowest BCUT2D eigenvalue weighted by Gasteiger charge is -2.19. The van der Waals surface area contributed by atoms with Crippen LogP contribution in [0.15, 0.2) is 65.8 Å². The minimum absolute atomic E-state index is 0.0115. The molecule has 2 N–H and O–H groups in total. The standard InChI is InChI=1S/C20H20N8O2/c1-13(2)16(19-26-17(27-30-19)14-6-3-8-21-12-14)25-20(29)24-15-7-4-9-22-18(15)28-11-5-10-23-28/h3-13,16H,1-2H3,(H2,24,25,29). The van der Waals surface area contributed by atoms with Gasteiger partial charge in [0.1, 0.15) is 6.04 Å². The van der Waals surface area contributed by atoms with Crippen LogP contribution in [0.5, 0.6) is 0 Å². The molecule has 0 spiro atoms. The van der Waals surface area contributed by atoms with Crippen molar-refractivity contribution in [1.82, 2.24) is 35.2 Å². The average molecular weight is 404 g/mol.